The Balaban J connectivity index is 1.27. The van der Waals surface area contributed by atoms with Crippen molar-refractivity contribution in [3.63, 3.8) is 0 Å². The molecule has 0 amide bonds. The highest BCUT2D eigenvalue weighted by atomic mass is 16.5. The summed E-state index contributed by atoms with van der Waals surface area (Å²) in [5.41, 5.74) is 3.54. The quantitative estimate of drug-likeness (QED) is 0.858. The Morgan fingerprint density at radius 1 is 1.04 bits per heavy atom. The van der Waals surface area contributed by atoms with Crippen molar-refractivity contribution in [2.75, 3.05) is 26.2 Å². The molecule has 1 aliphatic carbocycles. The first-order valence-corrected chi connectivity index (χ1v) is 9.95. The van der Waals surface area contributed by atoms with Crippen molar-refractivity contribution >= 4 is 5.65 Å². The summed E-state index contributed by atoms with van der Waals surface area (Å²) in [6, 6.07) is 2.20. The minimum atomic E-state index is 0.448. The highest BCUT2D eigenvalue weighted by Gasteiger charge is 2.27. The van der Waals surface area contributed by atoms with Crippen molar-refractivity contribution in [1.29, 1.82) is 0 Å². The van der Waals surface area contributed by atoms with Gasteiger partial charge in [0.05, 0.1) is 11.8 Å². The standard InChI is InChI=1S/C19H27N5O/c1-2-11-25-16(5-1)13-23-9-7-14(8-10-23)19-21-20-18-12-15-4-3-6-17(15)22-24(18)19/h12,14,16H,1-11,13H2. The molecule has 0 N–H and O–H groups in total. The van der Waals surface area contributed by atoms with Gasteiger partial charge in [-0.05, 0) is 76.1 Å². The van der Waals surface area contributed by atoms with Gasteiger partial charge in [0.2, 0.25) is 0 Å². The number of rotatable bonds is 3. The van der Waals surface area contributed by atoms with E-state index in [1.54, 1.807) is 0 Å². The third-order valence-electron chi connectivity index (χ3n) is 6.13. The molecule has 25 heavy (non-hydrogen) atoms. The van der Waals surface area contributed by atoms with Crippen molar-refractivity contribution < 1.29 is 4.74 Å². The third-order valence-corrected chi connectivity index (χ3v) is 6.13. The summed E-state index contributed by atoms with van der Waals surface area (Å²) in [5.74, 6) is 1.55. The van der Waals surface area contributed by atoms with Gasteiger partial charge < -0.3 is 9.64 Å². The van der Waals surface area contributed by atoms with Crippen LogP contribution in [0, 0.1) is 0 Å². The van der Waals surface area contributed by atoms with Crippen LogP contribution in [0.25, 0.3) is 5.65 Å². The zero-order valence-electron chi connectivity index (χ0n) is 14.9. The van der Waals surface area contributed by atoms with Crippen molar-refractivity contribution in [1.82, 2.24) is 24.7 Å². The average molecular weight is 341 g/mol. The number of nitrogens with zero attached hydrogens (tertiary/aromatic N) is 5. The normalized spacial score (nSPS) is 25.5. The second-order valence-corrected chi connectivity index (χ2v) is 7.86. The molecule has 0 bridgehead atoms. The first-order chi connectivity index (χ1) is 12.4. The summed E-state index contributed by atoms with van der Waals surface area (Å²) in [5, 5.41) is 13.8. The number of piperidine rings is 1. The van der Waals surface area contributed by atoms with E-state index in [-0.39, 0.29) is 0 Å². The Kier molecular flexibility index (Phi) is 4.18. The van der Waals surface area contributed by atoms with Crippen LogP contribution in [-0.4, -0.2) is 57.1 Å². The minimum Gasteiger partial charge on any atom is -0.377 e. The molecule has 1 atom stereocenters. The van der Waals surface area contributed by atoms with Crippen LogP contribution in [0.4, 0.5) is 0 Å². The molecule has 0 spiro atoms. The maximum Gasteiger partial charge on any atom is 0.178 e. The van der Waals surface area contributed by atoms with E-state index in [9.17, 15) is 0 Å². The molecule has 2 saturated heterocycles. The predicted octanol–water partition coefficient (Wildman–Crippen LogP) is 2.36. The van der Waals surface area contributed by atoms with E-state index in [1.165, 1.54) is 36.9 Å². The SMILES string of the molecule is c1c2c(nn3c(C4CCN(CC5CCCCO5)CC4)nnc13)CCC2. The molecule has 1 unspecified atom stereocenters. The van der Waals surface area contributed by atoms with E-state index in [4.69, 9.17) is 9.84 Å². The number of fused-ring (bicyclic) bond motifs is 2. The summed E-state index contributed by atoms with van der Waals surface area (Å²) in [6.07, 6.45) is 9.98. The Bertz CT molecular complexity index is 744. The predicted molar refractivity (Wildman–Crippen MR) is 94.8 cm³/mol. The van der Waals surface area contributed by atoms with Gasteiger partial charge in [0.1, 0.15) is 0 Å². The second-order valence-electron chi connectivity index (χ2n) is 7.86. The highest BCUT2D eigenvalue weighted by molar-refractivity contribution is 5.43. The molecule has 2 aliphatic heterocycles. The van der Waals surface area contributed by atoms with Gasteiger partial charge in [0.25, 0.3) is 0 Å². The smallest absolute Gasteiger partial charge is 0.178 e. The lowest BCUT2D eigenvalue weighted by atomic mass is 9.95. The highest BCUT2D eigenvalue weighted by Crippen LogP contribution is 2.29. The van der Waals surface area contributed by atoms with Gasteiger partial charge in [0.15, 0.2) is 11.5 Å². The molecule has 4 heterocycles. The van der Waals surface area contributed by atoms with Crippen molar-refractivity contribution in [3.05, 3.63) is 23.1 Å². The lowest BCUT2D eigenvalue weighted by Crippen LogP contribution is -2.40. The minimum absolute atomic E-state index is 0.448. The summed E-state index contributed by atoms with van der Waals surface area (Å²) < 4.78 is 7.92. The molecular weight excluding hydrogens is 314 g/mol. The monoisotopic (exact) mass is 341 g/mol. The van der Waals surface area contributed by atoms with E-state index in [2.05, 4.69) is 21.2 Å². The summed E-state index contributed by atoms with van der Waals surface area (Å²) in [4.78, 5) is 2.57. The molecular formula is C19H27N5O. The zero-order chi connectivity index (χ0) is 16.6. The van der Waals surface area contributed by atoms with Gasteiger partial charge >= 0.3 is 0 Å². The Morgan fingerprint density at radius 3 is 2.80 bits per heavy atom. The lowest BCUT2D eigenvalue weighted by Gasteiger charge is -2.34. The first-order valence-electron chi connectivity index (χ1n) is 9.95. The van der Waals surface area contributed by atoms with Crippen molar-refractivity contribution in [2.24, 2.45) is 0 Å². The largest absolute Gasteiger partial charge is 0.377 e. The van der Waals surface area contributed by atoms with E-state index in [1.807, 2.05) is 4.52 Å². The summed E-state index contributed by atoms with van der Waals surface area (Å²) in [7, 11) is 0. The van der Waals surface area contributed by atoms with Crippen LogP contribution in [0.5, 0.6) is 0 Å². The molecule has 0 saturated carbocycles. The van der Waals surface area contributed by atoms with E-state index in [0.717, 1.165) is 63.4 Å². The van der Waals surface area contributed by atoms with Gasteiger partial charge in [0, 0.05) is 19.1 Å². The fraction of sp³-hybridized carbons (Fsp3) is 0.737. The molecule has 2 aromatic rings. The maximum absolute atomic E-state index is 5.90. The Hall–Kier alpha value is -1.53. The molecule has 6 heteroatoms. The molecule has 2 aromatic heterocycles. The van der Waals surface area contributed by atoms with Gasteiger partial charge in [-0.1, -0.05) is 0 Å². The summed E-state index contributed by atoms with van der Waals surface area (Å²) >= 11 is 0. The fourth-order valence-corrected chi connectivity index (χ4v) is 4.66. The van der Waals surface area contributed by atoms with Gasteiger partial charge in [-0.15, -0.1) is 10.2 Å². The van der Waals surface area contributed by atoms with Crippen LogP contribution in [0.15, 0.2) is 6.07 Å². The zero-order valence-corrected chi connectivity index (χ0v) is 14.9. The lowest BCUT2D eigenvalue weighted by molar-refractivity contribution is -0.00965. The van der Waals surface area contributed by atoms with Crippen molar-refractivity contribution in [2.45, 2.75) is 63.4 Å². The first kappa shape index (κ1) is 15.7. The van der Waals surface area contributed by atoms with Gasteiger partial charge in [-0.25, -0.2) is 0 Å². The van der Waals surface area contributed by atoms with Crippen LogP contribution >= 0.6 is 0 Å². The number of aryl methyl sites for hydroxylation is 2. The second kappa shape index (κ2) is 6.65. The molecule has 3 aliphatic rings. The Labute approximate surface area is 148 Å². The van der Waals surface area contributed by atoms with Gasteiger partial charge in [-0.3, -0.25) is 0 Å². The van der Waals surface area contributed by atoms with Crippen LogP contribution < -0.4 is 0 Å². The number of hydrogen-bond donors (Lipinski definition) is 0. The number of likely N-dealkylation sites (tertiary alicyclic amines) is 1. The molecule has 134 valence electrons. The molecule has 5 rings (SSSR count). The topological polar surface area (TPSA) is 55.5 Å². The molecule has 2 fully saturated rings. The number of hydrogen-bond acceptors (Lipinski definition) is 5. The number of aromatic nitrogens is 4. The van der Waals surface area contributed by atoms with Crippen LogP contribution in [0.2, 0.25) is 0 Å². The molecule has 0 radical (unpaired) electrons. The average Bonchev–Trinajstić information content (AvgIpc) is 3.27. The third kappa shape index (κ3) is 3.06. The van der Waals surface area contributed by atoms with E-state index in [0.29, 0.717) is 12.0 Å². The van der Waals surface area contributed by atoms with Crippen LogP contribution in [0.3, 0.4) is 0 Å². The van der Waals surface area contributed by atoms with Gasteiger partial charge in [-0.2, -0.15) is 9.61 Å². The maximum atomic E-state index is 5.90. The van der Waals surface area contributed by atoms with E-state index < -0.39 is 0 Å². The van der Waals surface area contributed by atoms with Crippen LogP contribution in [0.1, 0.15) is 61.5 Å². The van der Waals surface area contributed by atoms with E-state index >= 15 is 0 Å². The molecule has 6 nitrogen and oxygen atoms in total. The van der Waals surface area contributed by atoms with Crippen LogP contribution in [-0.2, 0) is 17.6 Å². The number of ether oxygens (including phenoxy) is 1. The Morgan fingerprint density at radius 2 is 1.96 bits per heavy atom. The molecule has 0 aromatic carbocycles. The fourth-order valence-electron chi connectivity index (χ4n) is 4.66. The van der Waals surface area contributed by atoms with Crippen molar-refractivity contribution in [3.8, 4) is 0 Å². The summed E-state index contributed by atoms with van der Waals surface area (Å²) in [6.45, 7) is 4.30.